The Morgan fingerprint density at radius 2 is 1.74 bits per heavy atom. The molecular weight excluding hydrogens is 428 g/mol. The number of nitrogens with one attached hydrogen (secondary N) is 1. The summed E-state index contributed by atoms with van der Waals surface area (Å²) in [6.45, 7) is -0.186. The highest BCUT2D eigenvalue weighted by Gasteiger charge is 2.33. The van der Waals surface area contributed by atoms with Gasteiger partial charge in [-0.25, -0.2) is 8.42 Å². The molecule has 2 aromatic rings. The number of hydrogen-bond acceptors (Lipinski definition) is 3. The van der Waals surface area contributed by atoms with Crippen molar-refractivity contribution < 1.29 is 13.2 Å². The molecule has 5 nitrogen and oxygen atoms in total. The summed E-state index contributed by atoms with van der Waals surface area (Å²) in [5, 5.41) is 2.80. The van der Waals surface area contributed by atoms with Crippen molar-refractivity contribution in [2.45, 2.75) is 43.0 Å². The summed E-state index contributed by atoms with van der Waals surface area (Å²) in [7, 11) is -3.73. The van der Waals surface area contributed by atoms with Crippen LogP contribution in [0.2, 0.25) is 0 Å². The number of carbonyl (C=O) groups excluding carboxylic acids is 1. The Morgan fingerprint density at radius 3 is 2.41 bits per heavy atom. The van der Waals surface area contributed by atoms with Gasteiger partial charge in [0.2, 0.25) is 15.9 Å². The van der Waals surface area contributed by atoms with Gasteiger partial charge in [0.25, 0.3) is 0 Å². The molecule has 0 aliphatic heterocycles. The molecule has 1 aliphatic rings. The zero-order valence-corrected chi connectivity index (χ0v) is 17.4. The molecule has 0 aromatic heterocycles. The van der Waals surface area contributed by atoms with E-state index in [9.17, 15) is 13.2 Å². The molecule has 0 heterocycles. The number of halogens is 1. The van der Waals surface area contributed by atoms with E-state index >= 15 is 0 Å². The fourth-order valence-corrected chi connectivity index (χ4v) is 5.48. The SMILES string of the molecule is O=C(CN(C1CCCCC1)S(=O)(=O)c1ccccc1)Nc1cccc(Br)c1. The summed E-state index contributed by atoms with van der Waals surface area (Å²) in [6, 6.07) is 15.5. The molecule has 1 amide bonds. The van der Waals surface area contributed by atoms with Crippen molar-refractivity contribution in [3.63, 3.8) is 0 Å². The quantitative estimate of drug-likeness (QED) is 0.708. The first-order valence-electron chi connectivity index (χ1n) is 9.09. The summed E-state index contributed by atoms with van der Waals surface area (Å²) >= 11 is 3.37. The number of rotatable bonds is 6. The van der Waals surface area contributed by atoms with Gasteiger partial charge in [0.1, 0.15) is 0 Å². The van der Waals surface area contributed by atoms with Crippen LogP contribution in [0.3, 0.4) is 0 Å². The molecule has 0 radical (unpaired) electrons. The molecule has 0 atom stereocenters. The number of anilines is 1. The van der Waals surface area contributed by atoms with Gasteiger partial charge in [0, 0.05) is 16.2 Å². The molecular formula is C20H23BrN2O3S. The highest BCUT2D eigenvalue weighted by Crippen LogP contribution is 2.28. The van der Waals surface area contributed by atoms with Crippen LogP contribution in [0.4, 0.5) is 5.69 Å². The third-order valence-electron chi connectivity index (χ3n) is 4.74. The van der Waals surface area contributed by atoms with E-state index in [1.807, 2.05) is 12.1 Å². The van der Waals surface area contributed by atoms with Crippen molar-refractivity contribution in [2.24, 2.45) is 0 Å². The van der Waals surface area contributed by atoms with Crippen LogP contribution >= 0.6 is 15.9 Å². The Morgan fingerprint density at radius 1 is 1.04 bits per heavy atom. The Balaban J connectivity index is 1.82. The summed E-state index contributed by atoms with van der Waals surface area (Å²) in [5.74, 6) is -0.335. The Bertz CT molecular complexity index is 881. The number of carbonyl (C=O) groups is 1. The highest BCUT2D eigenvalue weighted by atomic mass is 79.9. The van der Waals surface area contributed by atoms with Crippen molar-refractivity contribution in [2.75, 3.05) is 11.9 Å². The zero-order valence-electron chi connectivity index (χ0n) is 15.0. The van der Waals surface area contributed by atoms with Crippen LogP contribution in [0.1, 0.15) is 32.1 Å². The highest BCUT2D eigenvalue weighted by molar-refractivity contribution is 9.10. The lowest BCUT2D eigenvalue weighted by Crippen LogP contribution is -2.45. The van der Waals surface area contributed by atoms with Crippen LogP contribution in [-0.4, -0.2) is 31.2 Å². The second-order valence-corrected chi connectivity index (χ2v) is 9.52. The minimum absolute atomic E-state index is 0.141. The van der Waals surface area contributed by atoms with E-state index in [2.05, 4.69) is 21.2 Å². The molecule has 0 bridgehead atoms. The second kappa shape index (κ2) is 8.99. The van der Waals surface area contributed by atoms with Gasteiger partial charge in [-0.15, -0.1) is 0 Å². The average Bonchev–Trinajstić information content (AvgIpc) is 2.67. The predicted molar refractivity (Wildman–Crippen MR) is 110 cm³/mol. The van der Waals surface area contributed by atoms with Crippen molar-refractivity contribution in [3.05, 3.63) is 59.1 Å². The maximum absolute atomic E-state index is 13.2. The van der Waals surface area contributed by atoms with Crippen LogP contribution in [-0.2, 0) is 14.8 Å². The molecule has 1 fully saturated rings. The largest absolute Gasteiger partial charge is 0.325 e. The second-order valence-electron chi connectivity index (χ2n) is 6.71. The lowest BCUT2D eigenvalue weighted by Gasteiger charge is -2.33. The van der Waals surface area contributed by atoms with Gasteiger partial charge in [-0.3, -0.25) is 4.79 Å². The molecule has 144 valence electrons. The predicted octanol–water partition coefficient (Wildman–Crippen LogP) is 4.41. The Labute approximate surface area is 169 Å². The van der Waals surface area contributed by atoms with E-state index < -0.39 is 10.0 Å². The summed E-state index contributed by atoms with van der Waals surface area (Å²) in [4.78, 5) is 12.8. The van der Waals surface area contributed by atoms with E-state index in [4.69, 9.17) is 0 Å². The minimum atomic E-state index is -3.73. The van der Waals surface area contributed by atoms with Crippen molar-refractivity contribution in [1.29, 1.82) is 0 Å². The third-order valence-corrected chi connectivity index (χ3v) is 7.15. The number of nitrogens with zero attached hydrogens (tertiary/aromatic N) is 1. The summed E-state index contributed by atoms with van der Waals surface area (Å²) in [5.41, 5.74) is 0.634. The van der Waals surface area contributed by atoms with Crippen molar-refractivity contribution in [3.8, 4) is 0 Å². The minimum Gasteiger partial charge on any atom is -0.325 e. The molecule has 0 saturated heterocycles. The fraction of sp³-hybridized carbons (Fsp3) is 0.350. The number of benzene rings is 2. The van der Waals surface area contributed by atoms with Crippen molar-refractivity contribution in [1.82, 2.24) is 4.31 Å². The first-order chi connectivity index (χ1) is 13.0. The van der Waals surface area contributed by atoms with Gasteiger partial charge in [-0.1, -0.05) is 59.5 Å². The van der Waals surface area contributed by atoms with E-state index in [-0.39, 0.29) is 23.4 Å². The van der Waals surface area contributed by atoms with Crippen LogP contribution in [0.5, 0.6) is 0 Å². The topological polar surface area (TPSA) is 66.5 Å². The van der Waals surface area contributed by atoms with Crippen LogP contribution in [0.25, 0.3) is 0 Å². The van der Waals surface area contributed by atoms with E-state index in [1.54, 1.807) is 42.5 Å². The Kier molecular flexibility index (Phi) is 6.68. The number of hydrogen-bond donors (Lipinski definition) is 1. The van der Waals surface area contributed by atoms with Gasteiger partial charge in [-0.05, 0) is 43.2 Å². The van der Waals surface area contributed by atoms with E-state index in [1.165, 1.54) is 4.31 Å². The van der Waals surface area contributed by atoms with Crippen LogP contribution in [0.15, 0.2) is 64.0 Å². The molecule has 0 unspecified atom stereocenters. The average molecular weight is 451 g/mol. The van der Waals surface area contributed by atoms with Gasteiger partial charge >= 0.3 is 0 Å². The van der Waals surface area contributed by atoms with E-state index in [0.29, 0.717) is 5.69 Å². The molecule has 7 heteroatoms. The lowest BCUT2D eigenvalue weighted by atomic mass is 9.95. The molecule has 1 saturated carbocycles. The maximum Gasteiger partial charge on any atom is 0.243 e. The summed E-state index contributed by atoms with van der Waals surface area (Å²) in [6.07, 6.45) is 4.66. The molecule has 3 rings (SSSR count). The van der Waals surface area contributed by atoms with Crippen LogP contribution in [0, 0.1) is 0 Å². The van der Waals surface area contributed by atoms with Gasteiger partial charge in [-0.2, -0.15) is 4.31 Å². The third kappa shape index (κ3) is 5.18. The maximum atomic E-state index is 13.2. The van der Waals surface area contributed by atoms with Gasteiger partial charge in [0.05, 0.1) is 11.4 Å². The van der Waals surface area contributed by atoms with Crippen LogP contribution < -0.4 is 5.32 Å². The first kappa shape index (κ1) is 20.0. The number of sulfonamides is 1. The van der Waals surface area contributed by atoms with Crippen molar-refractivity contribution >= 4 is 37.5 Å². The molecule has 1 aliphatic carbocycles. The normalized spacial score (nSPS) is 15.6. The lowest BCUT2D eigenvalue weighted by molar-refractivity contribution is -0.116. The molecule has 27 heavy (non-hydrogen) atoms. The van der Waals surface area contributed by atoms with E-state index in [0.717, 1.165) is 36.6 Å². The zero-order chi connectivity index (χ0) is 19.3. The molecule has 1 N–H and O–H groups in total. The standard InChI is InChI=1S/C20H23BrN2O3S/c21-16-8-7-9-17(14-16)22-20(24)15-23(18-10-3-1-4-11-18)27(25,26)19-12-5-2-6-13-19/h2,5-9,12-14,18H,1,3-4,10-11,15H2,(H,22,24). The smallest absolute Gasteiger partial charge is 0.243 e. The monoisotopic (exact) mass is 450 g/mol. The van der Waals surface area contributed by atoms with Gasteiger partial charge in [0.15, 0.2) is 0 Å². The first-order valence-corrected chi connectivity index (χ1v) is 11.3. The Hall–Kier alpha value is -1.70. The van der Waals surface area contributed by atoms with Gasteiger partial charge < -0.3 is 5.32 Å². The fourth-order valence-electron chi connectivity index (χ4n) is 3.42. The number of amides is 1. The molecule has 2 aromatic carbocycles. The summed E-state index contributed by atoms with van der Waals surface area (Å²) < 4.78 is 28.7. The molecule has 0 spiro atoms.